The normalized spacial score (nSPS) is 17.5. The molecule has 5 aliphatic heterocycles. The van der Waals surface area contributed by atoms with E-state index in [2.05, 4.69) is 0 Å². The number of hydrogen-bond donors (Lipinski definition) is 0. The monoisotopic (exact) mass is 684 g/mol. The molecule has 0 N–H and O–H groups in total. The first-order valence-electron chi connectivity index (χ1n) is 16.5. The number of aliphatic imine (C=N–C) groups is 4. The molecule has 9 rings (SSSR count). The molecule has 4 nitrogen and oxygen atoms in total. The topological polar surface area (TPSA) is 49.4 Å². The van der Waals surface area contributed by atoms with Gasteiger partial charge in [-0.2, -0.15) is 0 Å². The molecule has 0 amide bonds. The van der Waals surface area contributed by atoms with Crippen molar-refractivity contribution in [3.05, 3.63) is 214 Å². The summed E-state index contributed by atoms with van der Waals surface area (Å²) in [5.41, 5.74) is 9.89. The Hall–Kier alpha value is -6.80. The van der Waals surface area contributed by atoms with Gasteiger partial charge in [-0.05, 0) is 119 Å². The van der Waals surface area contributed by atoms with Gasteiger partial charge in [-0.3, -0.25) is 0 Å². The van der Waals surface area contributed by atoms with Crippen LogP contribution in [0.15, 0.2) is 188 Å². The molecule has 0 radical (unpaired) electrons. The smallest absolute Gasteiger partial charge is 0.123 e. The Morgan fingerprint density at radius 1 is 0.346 bits per heavy atom. The van der Waals surface area contributed by atoms with Crippen molar-refractivity contribution in [3.63, 3.8) is 0 Å². The van der Waals surface area contributed by atoms with Gasteiger partial charge in [-0.25, -0.2) is 37.5 Å². The van der Waals surface area contributed by atoms with E-state index in [9.17, 15) is 17.6 Å². The maximum Gasteiger partial charge on any atom is 0.123 e. The van der Waals surface area contributed by atoms with E-state index in [4.69, 9.17) is 20.0 Å². The molecule has 248 valence electrons. The first kappa shape index (κ1) is 31.2. The van der Waals surface area contributed by atoms with E-state index in [1.165, 1.54) is 48.5 Å². The fraction of sp³-hybridized carbons (Fsp3) is 0. The lowest BCUT2D eigenvalue weighted by Gasteiger charge is -2.17. The van der Waals surface area contributed by atoms with Crippen LogP contribution in [0.4, 0.5) is 17.6 Å². The van der Waals surface area contributed by atoms with E-state index in [1.807, 2.05) is 48.6 Å². The van der Waals surface area contributed by atoms with Gasteiger partial charge in [0.25, 0.3) is 0 Å². The fourth-order valence-electron chi connectivity index (χ4n) is 6.68. The molecule has 5 aliphatic rings. The molecule has 8 bridgehead atoms. The van der Waals surface area contributed by atoms with Crippen molar-refractivity contribution < 1.29 is 17.6 Å². The van der Waals surface area contributed by atoms with E-state index < -0.39 is 17.5 Å². The lowest BCUT2D eigenvalue weighted by Crippen LogP contribution is -2.07. The van der Waals surface area contributed by atoms with E-state index in [1.54, 1.807) is 48.5 Å². The van der Waals surface area contributed by atoms with Crippen molar-refractivity contribution in [2.75, 3.05) is 0 Å². The Labute approximate surface area is 296 Å². The molecule has 4 aromatic rings. The zero-order valence-corrected chi connectivity index (χ0v) is 27.2. The number of benzene rings is 4. The summed E-state index contributed by atoms with van der Waals surface area (Å²) in [5, 5.41) is 0. The molecule has 0 saturated carbocycles. The average Bonchev–Trinajstić information content (AvgIpc) is 3.95. The second-order valence-corrected chi connectivity index (χ2v) is 12.5. The van der Waals surface area contributed by atoms with Crippen LogP contribution in [0.25, 0.3) is 22.3 Å². The van der Waals surface area contributed by atoms with Gasteiger partial charge in [0.15, 0.2) is 0 Å². The minimum atomic E-state index is -0.427. The van der Waals surface area contributed by atoms with E-state index in [0.717, 1.165) is 0 Å². The second kappa shape index (κ2) is 12.5. The van der Waals surface area contributed by atoms with E-state index in [-0.39, 0.29) is 5.82 Å². The third kappa shape index (κ3) is 5.80. The van der Waals surface area contributed by atoms with Gasteiger partial charge in [0.05, 0.1) is 45.6 Å². The van der Waals surface area contributed by atoms with Crippen molar-refractivity contribution in [1.82, 2.24) is 0 Å². The standard InChI is InChI=1S/C44H24F4N4/c45-29-9-1-25(2-10-29)38-23-37-22-35-18-17-33(49-35)21-34-19-20-36(50-34)24-39-40(26-3-11-30(46)12-4-26)41(27-5-13-31(47)14-6-27)44(52-39)42(43(38)51-37)28-7-15-32(48)16-8-28/h1-24H. The summed E-state index contributed by atoms with van der Waals surface area (Å²) in [7, 11) is 0. The van der Waals surface area contributed by atoms with Crippen LogP contribution >= 0.6 is 0 Å². The predicted octanol–water partition coefficient (Wildman–Crippen LogP) is 10.2. The summed E-state index contributed by atoms with van der Waals surface area (Å²) in [6.07, 6.45) is 15.0. The van der Waals surface area contributed by atoms with Crippen LogP contribution < -0.4 is 0 Å². The summed E-state index contributed by atoms with van der Waals surface area (Å²) in [6.45, 7) is 0. The van der Waals surface area contributed by atoms with Crippen LogP contribution in [0.2, 0.25) is 0 Å². The minimum Gasteiger partial charge on any atom is -0.249 e. The largest absolute Gasteiger partial charge is 0.249 e. The van der Waals surface area contributed by atoms with E-state index in [0.29, 0.717) is 90.2 Å². The molecule has 0 unspecified atom stereocenters. The van der Waals surface area contributed by atoms with Crippen molar-refractivity contribution in [3.8, 4) is 0 Å². The highest BCUT2D eigenvalue weighted by atomic mass is 19.1. The highest BCUT2D eigenvalue weighted by Crippen LogP contribution is 2.46. The minimum absolute atomic E-state index is 0.390. The molecule has 0 fully saturated rings. The van der Waals surface area contributed by atoms with Gasteiger partial charge >= 0.3 is 0 Å². The fourth-order valence-corrected chi connectivity index (χ4v) is 6.68. The van der Waals surface area contributed by atoms with Crippen LogP contribution in [0.5, 0.6) is 0 Å². The molecule has 52 heavy (non-hydrogen) atoms. The lowest BCUT2D eigenvalue weighted by molar-refractivity contribution is 0.627. The number of fused-ring (bicyclic) bond motifs is 4. The maximum atomic E-state index is 14.5. The Bertz CT molecular complexity index is 2590. The summed E-state index contributed by atoms with van der Waals surface area (Å²) >= 11 is 0. The van der Waals surface area contributed by atoms with Crippen molar-refractivity contribution in [2.24, 2.45) is 20.0 Å². The van der Waals surface area contributed by atoms with Gasteiger partial charge in [-0.15, -0.1) is 0 Å². The third-order valence-electron chi connectivity index (χ3n) is 9.03. The Balaban J connectivity index is 1.43. The predicted molar refractivity (Wildman–Crippen MR) is 200 cm³/mol. The van der Waals surface area contributed by atoms with Gasteiger partial charge in [-0.1, -0.05) is 48.5 Å². The van der Waals surface area contributed by atoms with Crippen molar-refractivity contribution in [2.45, 2.75) is 0 Å². The Kier molecular flexibility index (Phi) is 7.51. The van der Waals surface area contributed by atoms with Gasteiger partial charge in [0.1, 0.15) is 23.3 Å². The SMILES string of the molecule is Fc1ccc(C2=CC3=CC4=NC(=CC5=NC(=CC6=NC(=C(c7ccc(F)cc7)C2=N3)C(c2ccc(F)cc2)=C6c2ccc(F)cc2)C=C5)C=C4)cc1. The first-order valence-corrected chi connectivity index (χ1v) is 16.5. The van der Waals surface area contributed by atoms with Gasteiger partial charge in [0, 0.05) is 22.3 Å². The van der Waals surface area contributed by atoms with Gasteiger partial charge < -0.3 is 0 Å². The number of allylic oxidation sites excluding steroid dienone is 12. The van der Waals surface area contributed by atoms with Gasteiger partial charge in [0.2, 0.25) is 0 Å². The number of nitrogens with zero attached hydrogens (tertiary/aromatic N) is 4. The molecule has 8 heteroatoms. The van der Waals surface area contributed by atoms with Crippen molar-refractivity contribution in [1.29, 1.82) is 0 Å². The Morgan fingerprint density at radius 3 is 1.33 bits per heavy atom. The summed E-state index contributed by atoms with van der Waals surface area (Å²) in [6, 6.07) is 24.4. The molecule has 0 saturated heterocycles. The molecular weight excluding hydrogens is 661 g/mol. The zero-order chi connectivity index (χ0) is 35.3. The average molecular weight is 685 g/mol. The highest BCUT2D eigenvalue weighted by molar-refractivity contribution is 6.50. The molecule has 5 heterocycles. The quantitative estimate of drug-likeness (QED) is 0.192. The molecule has 0 aliphatic carbocycles. The zero-order valence-electron chi connectivity index (χ0n) is 27.2. The number of hydrogen-bond acceptors (Lipinski definition) is 4. The summed E-state index contributed by atoms with van der Waals surface area (Å²) in [5.74, 6) is -1.64. The summed E-state index contributed by atoms with van der Waals surface area (Å²) < 4.78 is 57.6. The van der Waals surface area contributed by atoms with Crippen LogP contribution in [0.3, 0.4) is 0 Å². The number of halogens is 4. The molecule has 0 atom stereocenters. The molecular formula is C44H24F4N4. The second-order valence-electron chi connectivity index (χ2n) is 12.5. The van der Waals surface area contributed by atoms with Crippen molar-refractivity contribution >= 4 is 45.1 Å². The lowest BCUT2D eigenvalue weighted by atomic mass is 9.86. The summed E-state index contributed by atoms with van der Waals surface area (Å²) in [4.78, 5) is 20.1. The molecule has 0 spiro atoms. The van der Waals surface area contributed by atoms with Crippen LogP contribution in [0, 0.1) is 23.3 Å². The van der Waals surface area contributed by atoms with Crippen LogP contribution in [-0.4, -0.2) is 22.8 Å². The maximum absolute atomic E-state index is 14.5. The van der Waals surface area contributed by atoms with Crippen LogP contribution in [0.1, 0.15) is 22.3 Å². The third-order valence-corrected chi connectivity index (χ3v) is 9.03. The van der Waals surface area contributed by atoms with E-state index >= 15 is 0 Å². The first-order chi connectivity index (χ1) is 25.3. The highest BCUT2D eigenvalue weighted by Gasteiger charge is 2.33. The Morgan fingerprint density at radius 2 is 0.788 bits per heavy atom. The molecule has 4 aromatic carbocycles. The molecule has 0 aromatic heterocycles. The van der Waals surface area contributed by atoms with Crippen LogP contribution in [-0.2, 0) is 0 Å². The number of rotatable bonds is 4.